The first-order valence-electron chi connectivity index (χ1n) is 4.72. The molecule has 0 aliphatic rings. The number of carbonyl (C=O) groups is 1. The molecule has 1 aromatic rings. The molecule has 0 radical (unpaired) electrons. The Bertz CT molecular complexity index is 357. The summed E-state index contributed by atoms with van der Waals surface area (Å²) in [6.07, 6.45) is 1.64. The molecule has 5 nitrogen and oxygen atoms in total. The van der Waals surface area contributed by atoms with Gasteiger partial charge in [0.25, 0.3) is 0 Å². The first kappa shape index (κ1) is 15.7. The molecule has 0 aromatic carbocycles. The maximum Gasteiger partial charge on any atom is 0.357 e. The molecular formula is C9H15ClIN3O2. The fourth-order valence-corrected chi connectivity index (χ4v) is 1.76. The van der Waals surface area contributed by atoms with E-state index >= 15 is 0 Å². The maximum absolute atomic E-state index is 11.6. The van der Waals surface area contributed by atoms with Crippen LogP contribution in [-0.2, 0) is 4.74 Å². The normalized spacial score (nSPS) is 11.8. The predicted molar refractivity (Wildman–Crippen MR) is 71.9 cm³/mol. The number of hydrogen-bond donors (Lipinski definition) is 1. The van der Waals surface area contributed by atoms with Gasteiger partial charge < -0.3 is 10.5 Å². The second-order valence-electron chi connectivity index (χ2n) is 3.09. The van der Waals surface area contributed by atoms with Gasteiger partial charge in [-0.1, -0.05) is 0 Å². The van der Waals surface area contributed by atoms with Gasteiger partial charge in [0.05, 0.1) is 22.4 Å². The predicted octanol–water partition coefficient (Wildman–Crippen LogP) is 1.61. The van der Waals surface area contributed by atoms with E-state index in [1.165, 1.54) is 0 Å². The first-order chi connectivity index (χ1) is 7.11. The van der Waals surface area contributed by atoms with Crippen molar-refractivity contribution in [1.82, 2.24) is 9.78 Å². The van der Waals surface area contributed by atoms with Gasteiger partial charge in [-0.25, -0.2) is 4.79 Å². The Labute approximate surface area is 114 Å². The van der Waals surface area contributed by atoms with Gasteiger partial charge in [-0.3, -0.25) is 4.68 Å². The number of halogens is 2. The van der Waals surface area contributed by atoms with Gasteiger partial charge in [-0.05, 0) is 36.4 Å². The monoisotopic (exact) mass is 359 g/mol. The van der Waals surface area contributed by atoms with Crippen LogP contribution in [0, 0.1) is 3.57 Å². The summed E-state index contributed by atoms with van der Waals surface area (Å²) in [6.45, 7) is 4.48. The Morgan fingerprint density at radius 1 is 1.75 bits per heavy atom. The Hall–Kier alpha value is -0.340. The van der Waals surface area contributed by atoms with Crippen LogP contribution >= 0.6 is 35.0 Å². The average molecular weight is 360 g/mol. The summed E-state index contributed by atoms with van der Waals surface area (Å²) in [5.74, 6) is -0.347. The molecule has 7 heteroatoms. The van der Waals surface area contributed by atoms with Crippen LogP contribution in [0.15, 0.2) is 6.20 Å². The van der Waals surface area contributed by atoms with Crippen molar-refractivity contribution < 1.29 is 9.53 Å². The van der Waals surface area contributed by atoms with E-state index < -0.39 is 0 Å². The second kappa shape index (κ2) is 7.08. The summed E-state index contributed by atoms with van der Waals surface area (Å²) in [7, 11) is 0. The lowest BCUT2D eigenvalue weighted by atomic mass is 10.3. The molecule has 0 saturated heterocycles. The Balaban J connectivity index is 0.00000225. The van der Waals surface area contributed by atoms with Crippen LogP contribution in [0.1, 0.15) is 30.4 Å². The van der Waals surface area contributed by atoms with E-state index in [4.69, 9.17) is 10.5 Å². The molecule has 1 aromatic heterocycles. The van der Waals surface area contributed by atoms with Crippen LogP contribution in [0.2, 0.25) is 0 Å². The van der Waals surface area contributed by atoms with E-state index in [1.54, 1.807) is 17.8 Å². The summed E-state index contributed by atoms with van der Waals surface area (Å²) < 4.78 is 7.35. The maximum atomic E-state index is 11.6. The SMILES string of the molecule is CCOC(=O)c1c(I)cnn1[C@@H](C)CN.Cl. The molecule has 0 fully saturated rings. The minimum atomic E-state index is -0.347. The molecule has 1 heterocycles. The third-order valence-corrected chi connectivity index (χ3v) is 2.77. The lowest BCUT2D eigenvalue weighted by Crippen LogP contribution is -2.22. The molecule has 1 atom stereocenters. The van der Waals surface area contributed by atoms with Crippen molar-refractivity contribution >= 4 is 41.0 Å². The molecule has 92 valence electrons. The second-order valence-corrected chi connectivity index (χ2v) is 4.25. The molecule has 0 aliphatic carbocycles. The van der Waals surface area contributed by atoms with E-state index in [2.05, 4.69) is 27.7 Å². The smallest absolute Gasteiger partial charge is 0.357 e. The van der Waals surface area contributed by atoms with Gasteiger partial charge in [0.2, 0.25) is 0 Å². The lowest BCUT2D eigenvalue weighted by Gasteiger charge is -2.12. The zero-order chi connectivity index (χ0) is 11.4. The van der Waals surface area contributed by atoms with Crippen LogP contribution in [0.25, 0.3) is 0 Å². The molecule has 0 saturated carbocycles. The molecule has 0 bridgehead atoms. The molecule has 0 aliphatic heterocycles. The minimum absolute atomic E-state index is 0. The van der Waals surface area contributed by atoms with Crippen molar-refractivity contribution in [2.45, 2.75) is 19.9 Å². The van der Waals surface area contributed by atoms with Crippen molar-refractivity contribution in [2.75, 3.05) is 13.2 Å². The quantitative estimate of drug-likeness (QED) is 0.655. The Morgan fingerprint density at radius 2 is 2.38 bits per heavy atom. The standard InChI is InChI=1S/C9H14IN3O2.ClH/c1-3-15-9(14)8-7(10)5-12-13(8)6(2)4-11;/h5-6H,3-4,11H2,1-2H3;1H/t6-;/m0./s1. The van der Waals surface area contributed by atoms with E-state index in [-0.39, 0.29) is 24.4 Å². The third-order valence-electron chi connectivity index (χ3n) is 1.98. The van der Waals surface area contributed by atoms with E-state index in [9.17, 15) is 4.79 Å². The number of carbonyl (C=O) groups excluding carboxylic acids is 1. The van der Waals surface area contributed by atoms with Crippen LogP contribution in [0.5, 0.6) is 0 Å². The fourth-order valence-electron chi connectivity index (χ4n) is 1.17. The van der Waals surface area contributed by atoms with Crippen LogP contribution < -0.4 is 5.73 Å². The third kappa shape index (κ3) is 3.33. The van der Waals surface area contributed by atoms with Gasteiger partial charge in [-0.15, -0.1) is 12.4 Å². The van der Waals surface area contributed by atoms with Gasteiger partial charge >= 0.3 is 5.97 Å². The number of esters is 1. The number of ether oxygens (including phenoxy) is 1. The highest BCUT2D eigenvalue weighted by Gasteiger charge is 2.20. The van der Waals surface area contributed by atoms with Crippen LogP contribution in [0.4, 0.5) is 0 Å². The first-order valence-corrected chi connectivity index (χ1v) is 5.79. The van der Waals surface area contributed by atoms with Gasteiger partial charge in [0.1, 0.15) is 0 Å². The van der Waals surface area contributed by atoms with E-state index in [1.807, 2.05) is 6.92 Å². The van der Waals surface area contributed by atoms with Crippen LogP contribution in [-0.4, -0.2) is 28.9 Å². The van der Waals surface area contributed by atoms with Gasteiger partial charge in [0, 0.05) is 6.54 Å². The molecule has 1 rings (SSSR count). The number of hydrogen-bond acceptors (Lipinski definition) is 4. The van der Waals surface area contributed by atoms with Crippen molar-refractivity contribution in [3.8, 4) is 0 Å². The molecule has 2 N–H and O–H groups in total. The average Bonchev–Trinajstić information content (AvgIpc) is 2.59. The molecule has 0 amide bonds. The highest BCUT2D eigenvalue weighted by atomic mass is 127. The van der Waals surface area contributed by atoms with Crippen molar-refractivity contribution in [1.29, 1.82) is 0 Å². The number of rotatable bonds is 4. The van der Waals surface area contributed by atoms with Crippen molar-refractivity contribution in [3.63, 3.8) is 0 Å². The van der Waals surface area contributed by atoms with Crippen LogP contribution in [0.3, 0.4) is 0 Å². The highest BCUT2D eigenvalue weighted by Crippen LogP contribution is 2.16. The van der Waals surface area contributed by atoms with Gasteiger partial charge in [-0.2, -0.15) is 5.10 Å². The molecule has 0 unspecified atom stereocenters. The highest BCUT2D eigenvalue weighted by molar-refractivity contribution is 14.1. The number of nitrogens with two attached hydrogens (primary N) is 1. The van der Waals surface area contributed by atoms with Crippen molar-refractivity contribution in [2.24, 2.45) is 5.73 Å². The van der Waals surface area contributed by atoms with E-state index in [0.717, 1.165) is 3.57 Å². The summed E-state index contributed by atoms with van der Waals surface area (Å²) >= 11 is 2.06. The molecule has 0 spiro atoms. The minimum Gasteiger partial charge on any atom is -0.461 e. The zero-order valence-corrected chi connectivity index (χ0v) is 12.1. The fraction of sp³-hybridized carbons (Fsp3) is 0.556. The van der Waals surface area contributed by atoms with E-state index in [0.29, 0.717) is 18.8 Å². The summed E-state index contributed by atoms with van der Waals surface area (Å²) in [5, 5.41) is 4.12. The Kier molecular flexibility index (Phi) is 6.93. The summed E-state index contributed by atoms with van der Waals surface area (Å²) in [6, 6.07) is -0.00655. The number of nitrogens with zero attached hydrogens (tertiary/aromatic N) is 2. The Morgan fingerprint density at radius 3 is 2.88 bits per heavy atom. The zero-order valence-electron chi connectivity index (χ0n) is 9.14. The van der Waals surface area contributed by atoms with Gasteiger partial charge in [0.15, 0.2) is 5.69 Å². The molecule has 16 heavy (non-hydrogen) atoms. The summed E-state index contributed by atoms with van der Waals surface area (Å²) in [5.41, 5.74) is 6.02. The topological polar surface area (TPSA) is 70.1 Å². The lowest BCUT2D eigenvalue weighted by molar-refractivity contribution is 0.0508. The largest absolute Gasteiger partial charge is 0.461 e. The summed E-state index contributed by atoms with van der Waals surface area (Å²) in [4.78, 5) is 11.6. The number of aromatic nitrogens is 2. The molecular weight excluding hydrogens is 344 g/mol. The van der Waals surface area contributed by atoms with Crippen molar-refractivity contribution in [3.05, 3.63) is 15.5 Å².